The fourth-order valence-corrected chi connectivity index (χ4v) is 2.80. The number of aromatic nitrogens is 1. The Hall–Kier alpha value is -0.460. The van der Waals surface area contributed by atoms with Gasteiger partial charge in [-0.25, -0.2) is 4.98 Å². The SMILES string of the molecule is C=CC/C(I)=C\C[C@H](O)/C(C)=C/c1csc(CC)n1. The minimum absolute atomic E-state index is 0.443. The molecule has 0 aliphatic carbocycles. The lowest BCUT2D eigenvalue weighted by molar-refractivity contribution is 0.215. The summed E-state index contributed by atoms with van der Waals surface area (Å²) < 4.78 is 1.21. The van der Waals surface area contributed by atoms with Gasteiger partial charge in [-0.15, -0.1) is 17.9 Å². The summed E-state index contributed by atoms with van der Waals surface area (Å²) in [7, 11) is 0. The monoisotopic (exact) mass is 389 g/mol. The number of hydrogen-bond acceptors (Lipinski definition) is 3. The van der Waals surface area contributed by atoms with Gasteiger partial charge in [0.15, 0.2) is 0 Å². The highest BCUT2D eigenvalue weighted by atomic mass is 127. The molecule has 0 spiro atoms. The molecule has 1 atom stereocenters. The second kappa shape index (κ2) is 8.66. The van der Waals surface area contributed by atoms with E-state index in [2.05, 4.69) is 47.2 Å². The van der Waals surface area contributed by atoms with Gasteiger partial charge in [0.05, 0.1) is 16.8 Å². The average molecular weight is 389 g/mol. The number of thiazole rings is 1. The first-order chi connectivity index (χ1) is 9.06. The van der Waals surface area contributed by atoms with E-state index in [-0.39, 0.29) is 0 Å². The first kappa shape index (κ1) is 16.6. The molecule has 1 heterocycles. The number of nitrogens with zero attached hydrogens (tertiary/aromatic N) is 1. The van der Waals surface area contributed by atoms with Gasteiger partial charge < -0.3 is 5.11 Å². The van der Waals surface area contributed by atoms with Gasteiger partial charge in [-0.1, -0.05) is 19.1 Å². The molecule has 0 radical (unpaired) electrons. The van der Waals surface area contributed by atoms with E-state index in [0.717, 1.165) is 29.1 Å². The number of aliphatic hydroxyl groups excluding tert-OH is 1. The predicted octanol–water partition coefficient (Wildman–Crippen LogP) is 4.75. The molecule has 1 N–H and O–H groups in total. The van der Waals surface area contributed by atoms with Crippen molar-refractivity contribution in [2.24, 2.45) is 0 Å². The van der Waals surface area contributed by atoms with E-state index >= 15 is 0 Å². The van der Waals surface area contributed by atoms with Crippen LogP contribution in [-0.2, 0) is 6.42 Å². The second-order valence-electron chi connectivity index (χ2n) is 4.30. The van der Waals surface area contributed by atoms with Crippen molar-refractivity contribution in [3.63, 3.8) is 0 Å². The van der Waals surface area contributed by atoms with Crippen molar-refractivity contribution in [3.05, 3.63) is 44.0 Å². The Morgan fingerprint density at radius 2 is 2.37 bits per heavy atom. The molecule has 0 amide bonds. The van der Waals surface area contributed by atoms with Crippen molar-refractivity contribution in [3.8, 4) is 0 Å². The van der Waals surface area contributed by atoms with Gasteiger partial charge in [0, 0.05) is 5.38 Å². The minimum atomic E-state index is -0.443. The first-order valence-corrected chi connectivity index (χ1v) is 8.28. The standard InChI is InChI=1S/C15H20INOS/c1-4-6-12(16)7-8-14(18)11(3)9-13-10-19-15(5-2)17-13/h4,7,9-10,14,18H,1,5-6,8H2,2-3H3/b11-9+,12-7+/t14-/m0/s1. The summed E-state index contributed by atoms with van der Waals surface area (Å²) in [4.78, 5) is 4.48. The van der Waals surface area contributed by atoms with E-state index in [0.29, 0.717) is 6.42 Å². The van der Waals surface area contributed by atoms with Crippen LogP contribution in [0.2, 0.25) is 0 Å². The van der Waals surface area contributed by atoms with Crippen LogP contribution in [0.25, 0.3) is 6.08 Å². The van der Waals surface area contributed by atoms with Crippen LogP contribution in [0.15, 0.2) is 33.3 Å². The molecule has 4 heteroatoms. The molecule has 1 aromatic heterocycles. The zero-order valence-electron chi connectivity index (χ0n) is 11.4. The maximum Gasteiger partial charge on any atom is 0.0929 e. The summed E-state index contributed by atoms with van der Waals surface area (Å²) in [6, 6.07) is 0. The number of halogens is 1. The summed E-state index contributed by atoms with van der Waals surface area (Å²) in [5, 5.41) is 13.3. The van der Waals surface area contributed by atoms with Crippen LogP contribution >= 0.6 is 33.9 Å². The van der Waals surface area contributed by atoms with Crippen LogP contribution in [0.1, 0.15) is 37.4 Å². The predicted molar refractivity (Wildman–Crippen MR) is 92.7 cm³/mol. The summed E-state index contributed by atoms with van der Waals surface area (Å²) in [5.41, 5.74) is 1.90. The van der Waals surface area contributed by atoms with Gasteiger partial charge in [-0.2, -0.15) is 0 Å². The van der Waals surface area contributed by atoms with Gasteiger partial charge in [0.2, 0.25) is 0 Å². The van der Waals surface area contributed by atoms with E-state index in [1.807, 2.05) is 24.5 Å². The third kappa shape index (κ3) is 6.01. The molecule has 0 aliphatic rings. The molecule has 0 bridgehead atoms. The molecule has 0 saturated heterocycles. The molecule has 19 heavy (non-hydrogen) atoms. The van der Waals surface area contributed by atoms with Gasteiger partial charge in [-0.3, -0.25) is 0 Å². The number of allylic oxidation sites excluding steroid dienone is 2. The Labute approximate surface area is 133 Å². The van der Waals surface area contributed by atoms with E-state index in [9.17, 15) is 5.11 Å². The summed E-state index contributed by atoms with van der Waals surface area (Å²) >= 11 is 3.95. The normalized spacial score (nSPS) is 14.5. The maximum absolute atomic E-state index is 10.1. The van der Waals surface area contributed by atoms with E-state index < -0.39 is 6.10 Å². The smallest absolute Gasteiger partial charge is 0.0929 e. The number of aryl methyl sites for hydroxylation is 1. The van der Waals surface area contributed by atoms with Crippen molar-refractivity contribution in [1.29, 1.82) is 0 Å². The van der Waals surface area contributed by atoms with E-state index in [1.54, 1.807) is 11.3 Å². The lowest BCUT2D eigenvalue weighted by atomic mass is 10.1. The van der Waals surface area contributed by atoms with Crippen molar-refractivity contribution < 1.29 is 5.11 Å². The molecular weight excluding hydrogens is 369 g/mol. The fraction of sp³-hybridized carbons (Fsp3) is 0.400. The lowest BCUT2D eigenvalue weighted by Gasteiger charge is -2.08. The van der Waals surface area contributed by atoms with Crippen molar-refractivity contribution in [2.45, 2.75) is 39.2 Å². The highest BCUT2D eigenvalue weighted by molar-refractivity contribution is 14.1. The molecular formula is C15H20INOS. The van der Waals surface area contributed by atoms with E-state index in [4.69, 9.17) is 0 Å². The molecule has 1 rings (SSSR count). The maximum atomic E-state index is 10.1. The van der Waals surface area contributed by atoms with Crippen LogP contribution in [0.4, 0.5) is 0 Å². The van der Waals surface area contributed by atoms with Gasteiger partial charge >= 0.3 is 0 Å². The first-order valence-electron chi connectivity index (χ1n) is 6.32. The third-order valence-electron chi connectivity index (χ3n) is 2.68. The summed E-state index contributed by atoms with van der Waals surface area (Å²) in [6.45, 7) is 7.75. The van der Waals surface area contributed by atoms with Gasteiger partial charge in [0.25, 0.3) is 0 Å². The highest BCUT2D eigenvalue weighted by Crippen LogP contribution is 2.18. The van der Waals surface area contributed by atoms with Crippen LogP contribution in [-0.4, -0.2) is 16.2 Å². The molecule has 1 aromatic rings. The van der Waals surface area contributed by atoms with Crippen LogP contribution in [0, 0.1) is 0 Å². The third-order valence-corrected chi connectivity index (χ3v) is 4.57. The van der Waals surface area contributed by atoms with Gasteiger partial charge in [0.1, 0.15) is 0 Å². The van der Waals surface area contributed by atoms with Gasteiger partial charge in [-0.05, 0) is 64.0 Å². The van der Waals surface area contributed by atoms with E-state index in [1.165, 1.54) is 3.58 Å². The molecule has 0 aliphatic heterocycles. The summed E-state index contributed by atoms with van der Waals surface area (Å²) in [5.74, 6) is 0. The second-order valence-corrected chi connectivity index (χ2v) is 6.63. The fourth-order valence-electron chi connectivity index (χ4n) is 1.53. The molecule has 0 unspecified atom stereocenters. The zero-order valence-corrected chi connectivity index (χ0v) is 14.4. The highest BCUT2D eigenvalue weighted by Gasteiger charge is 2.06. The molecule has 0 saturated carbocycles. The molecule has 2 nitrogen and oxygen atoms in total. The Morgan fingerprint density at radius 1 is 1.63 bits per heavy atom. The number of hydrogen-bond donors (Lipinski definition) is 1. The van der Waals surface area contributed by atoms with Crippen LogP contribution < -0.4 is 0 Å². The Kier molecular flexibility index (Phi) is 7.56. The average Bonchev–Trinajstić information content (AvgIpc) is 2.83. The van der Waals surface area contributed by atoms with Crippen LogP contribution in [0.5, 0.6) is 0 Å². The largest absolute Gasteiger partial charge is 0.388 e. The Balaban J connectivity index is 2.63. The van der Waals surface area contributed by atoms with Crippen molar-refractivity contribution in [2.75, 3.05) is 0 Å². The van der Waals surface area contributed by atoms with Crippen molar-refractivity contribution in [1.82, 2.24) is 4.98 Å². The summed E-state index contributed by atoms with van der Waals surface area (Å²) in [6.07, 6.45) is 7.91. The minimum Gasteiger partial charge on any atom is -0.388 e. The topological polar surface area (TPSA) is 33.1 Å². The number of rotatable bonds is 7. The zero-order chi connectivity index (χ0) is 14.3. The molecule has 0 fully saturated rings. The Bertz CT molecular complexity index is 476. The Morgan fingerprint density at radius 3 is 2.95 bits per heavy atom. The number of aliphatic hydroxyl groups is 1. The van der Waals surface area contributed by atoms with Crippen molar-refractivity contribution >= 4 is 40.0 Å². The van der Waals surface area contributed by atoms with Crippen LogP contribution in [0.3, 0.4) is 0 Å². The molecule has 104 valence electrons. The lowest BCUT2D eigenvalue weighted by Crippen LogP contribution is -2.06. The molecule has 0 aromatic carbocycles. The quantitative estimate of drug-likeness (QED) is 0.539.